The number of nitrogens with one attached hydrogen (secondary N) is 1. The number of likely N-dealkylation sites (N-methyl/N-ethyl adjacent to an activating group) is 1. The first kappa shape index (κ1) is 22.4. The van der Waals surface area contributed by atoms with Crippen LogP contribution in [0.5, 0.6) is 0 Å². The molecule has 1 heterocycles. The standard InChI is InChI=1S/C22H28FN3O3S/c1-25(2)14-11-17-3-7-20(8-4-17)24-22(27)18-12-15-26(16-13-18)30(28,29)21-9-5-19(23)6-10-21/h3-10,18H,11-16H2,1-2H3,(H,24,27). The predicted molar refractivity (Wildman–Crippen MR) is 115 cm³/mol. The molecule has 1 fully saturated rings. The SMILES string of the molecule is CN(C)CCc1ccc(NC(=O)C2CCN(S(=O)(=O)c3ccc(F)cc3)CC2)cc1. The van der Waals surface area contributed by atoms with E-state index in [-0.39, 0.29) is 29.8 Å². The van der Waals surface area contributed by atoms with Crippen molar-refractivity contribution < 1.29 is 17.6 Å². The molecule has 8 heteroatoms. The maximum atomic E-state index is 13.1. The molecular formula is C22H28FN3O3S. The molecule has 1 N–H and O–H groups in total. The van der Waals surface area contributed by atoms with Gasteiger partial charge in [-0.05, 0) is 75.3 Å². The van der Waals surface area contributed by atoms with Gasteiger partial charge in [-0.2, -0.15) is 4.31 Å². The summed E-state index contributed by atoms with van der Waals surface area (Å²) < 4.78 is 39.8. The van der Waals surface area contributed by atoms with Crippen molar-refractivity contribution in [1.82, 2.24) is 9.21 Å². The Morgan fingerprint density at radius 1 is 1.07 bits per heavy atom. The quantitative estimate of drug-likeness (QED) is 0.729. The van der Waals surface area contributed by atoms with Crippen molar-refractivity contribution in [2.24, 2.45) is 5.92 Å². The lowest BCUT2D eigenvalue weighted by atomic mass is 9.97. The largest absolute Gasteiger partial charge is 0.326 e. The highest BCUT2D eigenvalue weighted by Crippen LogP contribution is 2.25. The second-order valence-corrected chi connectivity index (χ2v) is 9.81. The molecule has 30 heavy (non-hydrogen) atoms. The fraction of sp³-hybridized carbons (Fsp3) is 0.409. The molecule has 0 unspecified atom stereocenters. The van der Waals surface area contributed by atoms with Gasteiger partial charge in [-0.3, -0.25) is 4.79 Å². The Balaban J connectivity index is 1.53. The second kappa shape index (κ2) is 9.68. The second-order valence-electron chi connectivity index (χ2n) is 7.87. The molecule has 0 spiro atoms. The van der Waals surface area contributed by atoms with E-state index in [2.05, 4.69) is 10.2 Å². The molecule has 3 rings (SSSR count). The topological polar surface area (TPSA) is 69.7 Å². The van der Waals surface area contributed by atoms with Gasteiger partial charge >= 0.3 is 0 Å². The number of halogens is 1. The highest BCUT2D eigenvalue weighted by atomic mass is 32.2. The van der Waals surface area contributed by atoms with E-state index in [1.165, 1.54) is 22.0 Å². The minimum atomic E-state index is -3.67. The average molecular weight is 434 g/mol. The fourth-order valence-corrected chi connectivity index (χ4v) is 4.94. The smallest absolute Gasteiger partial charge is 0.243 e. The maximum Gasteiger partial charge on any atom is 0.243 e. The molecule has 0 bridgehead atoms. The van der Waals surface area contributed by atoms with Crippen LogP contribution in [0.4, 0.5) is 10.1 Å². The highest BCUT2D eigenvalue weighted by Gasteiger charge is 2.32. The first-order valence-electron chi connectivity index (χ1n) is 10.1. The van der Waals surface area contributed by atoms with E-state index in [1.807, 2.05) is 38.4 Å². The summed E-state index contributed by atoms with van der Waals surface area (Å²) >= 11 is 0. The third-order valence-electron chi connectivity index (χ3n) is 5.35. The lowest BCUT2D eigenvalue weighted by Gasteiger charge is -2.30. The molecular weight excluding hydrogens is 405 g/mol. The van der Waals surface area contributed by atoms with Crippen molar-refractivity contribution >= 4 is 21.6 Å². The van der Waals surface area contributed by atoms with Crippen molar-refractivity contribution in [3.05, 3.63) is 59.9 Å². The van der Waals surface area contributed by atoms with E-state index >= 15 is 0 Å². The van der Waals surface area contributed by atoms with Crippen LogP contribution < -0.4 is 5.32 Å². The average Bonchev–Trinajstić information content (AvgIpc) is 2.73. The van der Waals surface area contributed by atoms with Crippen molar-refractivity contribution in [3.8, 4) is 0 Å². The normalized spacial score (nSPS) is 16.0. The molecule has 162 valence electrons. The summed E-state index contributed by atoms with van der Waals surface area (Å²) in [5.41, 5.74) is 1.95. The molecule has 0 aromatic heterocycles. The molecule has 1 aliphatic rings. The van der Waals surface area contributed by atoms with Gasteiger partial charge in [0.25, 0.3) is 0 Å². The Morgan fingerprint density at radius 3 is 2.23 bits per heavy atom. The predicted octanol–water partition coefficient (Wildman–Crippen LogP) is 2.97. The third kappa shape index (κ3) is 5.65. The van der Waals surface area contributed by atoms with Crippen LogP contribution in [0.1, 0.15) is 18.4 Å². The monoisotopic (exact) mass is 433 g/mol. The van der Waals surface area contributed by atoms with Crippen LogP contribution in [0.25, 0.3) is 0 Å². The lowest BCUT2D eigenvalue weighted by molar-refractivity contribution is -0.120. The van der Waals surface area contributed by atoms with Crippen LogP contribution in [0, 0.1) is 11.7 Å². The van der Waals surface area contributed by atoms with E-state index in [9.17, 15) is 17.6 Å². The summed E-state index contributed by atoms with van der Waals surface area (Å²) in [5, 5.41) is 2.94. The molecule has 2 aromatic carbocycles. The molecule has 1 amide bonds. The molecule has 1 aliphatic heterocycles. The zero-order valence-electron chi connectivity index (χ0n) is 17.3. The lowest BCUT2D eigenvalue weighted by Crippen LogP contribution is -2.41. The van der Waals surface area contributed by atoms with Crippen LogP contribution in [0.3, 0.4) is 0 Å². The maximum absolute atomic E-state index is 13.1. The summed E-state index contributed by atoms with van der Waals surface area (Å²) in [7, 11) is 0.393. The van der Waals surface area contributed by atoms with E-state index in [4.69, 9.17) is 0 Å². The molecule has 1 saturated heterocycles. The van der Waals surface area contributed by atoms with Crippen molar-refractivity contribution in [2.75, 3.05) is 39.0 Å². The fourth-order valence-electron chi connectivity index (χ4n) is 3.47. The van der Waals surface area contributed by atoms with Gasteiger partial charge in [0.05, 0.1) is 4.90 Å². The van der Waals surface area contributed by atoms with Gasteiger partial charge in [0, 0.05) is 31.2 Å². The summed E-state index contributed by atoms with van der Waals surface area (Å²) in [6.45, 7) is 1.49. The highest BCUT2D eigenvalue weighted by molar-refractivity contribution is 7.89. The van der Waals surface area contributed by atoms with Crippen LogP contribution in [0.2, 0.25) is 0 Å². The van der Waals surface area contributed by atoms with Crippen LogP contribution >= 0.6 is 0 Å². The molecule has 0 radical (unpaired) electrons. The first-order chi connectivity index (χ1) is 14.3. The van der Waals surface area contributed by atoms with E-state index < -0.39 is 15.8 Å². The summed E-state index contributed by atoms with van der Waals surface area (Å²) in [4.78, 5) is 14.8. The molecule has 2 aromatic rings. The number of rotatable bonds is 7. The van der Waals surface area contributed by atoms with Crippen molar-refractivity contribution in [3.63, 3.8) is 0 Å². The minimum absolute atomic E-state index is 0.0705. The molecule has 0 atom stereocenters. The van der Waals surface area contributed by atoms with Crippen LogP contribution in [0.15, 0.2) is 53.4 Å². The number of sulfonamides is 1. The number of benzene rings is 2. The Kier molecular flexibility index (Phi) is 7.23. The van der Waals surface area contributed by atoms with Gasteiger partial charge < -0.3 is 10.2 Å². The van der Waals surface area contributed by atoms with E-state index in [0.29, 0.717) is 12.8 Å². The Hall–Kier alpha value is -2.29. The van der Waals surface area contributed by atoms with Gasteiger partial charge in [-0.15, -0.1) is 0 Å². The van der Waals surface area contributed by atoms with E-state index in [1.54, 1.807) is 0 Å². The number of amides is 1. The van der Waals surface area contributed by atoms with Crippen molar-refractivity contribution in [1.29, 1.82) is 0 Å². The van der Waals surface area contributed by atoms with Crippen LogP contribution in [-0.4, -0.2) is 57.3 Å². The zero-order chi connectivity index (χ0) is 21.7. The Labute approximate surface area is 177 Å². The van der Waals surface area contributed by atoms with E-state index in [0.717, 1.165) is 30.8 Å². The number of piperidine rings is 1. The first-order valence-corrected chi connectivity index (χ1v) is 11.5. The van der Waals surface area contributed by atoms with Gasteiger partial charge in [0.2, 0.25) is 15.9 Å². The molecule has 0 saturated carbocycles. The Morgan fingerprint density at radius 2 is 1.67 bits per heavy atom. The van der Waals surface area contributed by atoms with Gasteiger partial charge in [-0.25, -0.2) is 12.8 Å². The summed E-state index contributed by atoms with van der Waals surface area (Å²) in [5.74, 6) is -0.803. The summed E-state index contributed by atoms with van der Waals surface area (Å²) in [6.07, 6.45) is 1.85. The molecule has 6 nitrogen and oxygen atoms in total. The number of carbonyl (C=O) groups is 1. The molecule has 0 aliphatic carbocycles. The Bertz CT molecular complexity index is 952. The third-order valence-corrected chi connectivity index (χ3v) is 7.26. The number of carbonyl (C=O) groups excluding carboxylic acids is 1. The number of hydrogen-bond acceptors (Lipinski definition) is 4. The van der Waals surface area contributed by atoms with Gasteiger partial charge in [0.1, 0.15) is 5.82 Å². The minimum Gasteiger partial charge on any atom is -0.326 e. The number of hydrogen-bond donors (Lipinski definition) is 1. The summed E-state index contributed by atoms with van der Waals surface area (Å²) in [6, 6.07) is 12.6. The van der Waals surface area contributed by atoms with Gasteiger partial charge in [-0.1, -0.05) is 12.1 Å². The number of anilines is 1. The van der Waals surface area contributed by atoms with Gasteiger partial charge in [0.15, 0.2) is 0 Å². The van der Waals surface area contributed by atoms with Crippen LogP contribution in [-0.2, 0) is 21.2 Å². The zero-order valence-corrected chi connectivity index (χ0v) is 18.2. The van der Waals surface area contributed by atoms with Crippen molar-refractivity contribution in [2.45, 2.75) is 24.2 Å². The number of nitrogens with zero attached hydrogens (tertiary/aromatic N) is 2.